The van der Waals surface area contributed by atoms with Crippen molar-refractivity contribution in [2.75, 3.05) is 5.75 Å². The second-order valence-corrected chi connectivity index (χ2v) is 6.95. The van der Waals surface area contributed by atoms with Gasteiger partial charge < -0.3 is 5.11 Å². The van der Waals surface area contributed by atoms with Crippen LogP contribution in [0.2, 0.25) is 0 Å². The highest BCUT2D eigenvalue weighted by Crippen LogP contribution is 2.19. The molecule has 0 aromatic rings. The van der Waals surface area contributed by atoms with Crippen molar-refractivity contribution in [2.45, 2.75) is 58.1 Å². The van der Waals surface area contributed by atoms with Gasteiger partial charge in [0.2, 0.25) is 10.0 Å². The molecule has 16 heavy (non-hydrogen) atoms. The van der Waals surface area contributed by atoms with E-state index in [1.807, 2.05) is 13.8 Å². The molecule has 0 aromatic carbocycles. The Labute approximate surface area is 98.5 Å². The number of aliphatic hydroxyl groups excluding tert-OH is 1. The summed E-state index contributed by atoms with van der Waals surface area (Å²) in [5.41, 5.74) is 0. The minimum Gasteiger partial charge on any atom is -0.391 e. The Morgan fingerprint density at radius 3 is 2.50 bits per heavy atom. The van der Waals surface area contributed by atoms with E-state index in [9.17, 15) is 13.5 Å². The zero-order chi connectivity index (χ0) is 12.2. The predicted molar refractivity (Wildman–Crippen MR) is 64.6 cm³/mol. The number of hydrogen-bond donors (Lipinski definition) is 2. The zero-order valence-electron chi connectivity index (χ0n) is 10.1. The first kappa shape index (κ1) is 13.9. The van der Waals surface area contributed by atoms with E-state index >= 15 is 0 Å². The third kappa shape index (κ3) is 4.80. The van der Waals surface area contributed by atoms with Gasteiger partial charge in [-0.2, -0.15) is 0 Å². The van der Waals surface area contributed by atoms with Crippen molar-refractivity contribution in [3.8, 4) is 0 Å². The van der Waals surface area contributed by atoms with Gasteiger partial charge in [-0.05, 0) is 25.2 Å². The van der Waals surface area contributed by atoms with Crippen molar-refractivity contribution < 1.29 is 13.5 Å². The lowest BCUT2D eigenvalue weighted by atomic mass is 9.93. The number of aliphatic hydroxyl groups is 1. The van der Waals surface area contributed by atoms with Crippen molar-refractivity contribution in [1.82, 2.24) is 4.72 Å². The van der Waals surface area contributed by atoms with E-state index in [4.69, 9.17) is 0 Å². The van der Waals surface area contributed by atoms with Crippen LogP contribution in [-0.2, 0) is 10.0 Å². The third-order valence-corrected chi connectivity index (χ3v) is 4.46. The minimum absolute atomic E-state index is 0.161. The Morgan fingerprint density at radius 2 is 1.94 bits per heavy atom. The summed E-state index contributed by atoms with van der Waals surface area (Å²) >= 11 is 0. The first-order valence-corrected chi connectivity index (χ1v) is 7.74. The average molecular weight is 249 g/mol. The maximum Gasteiger partial charge on any atom is 0.211 e. The van der Waals surface area contributed by atoms with E-state index in [2.05, 4.69) is 4.72 Å². The molecule has 2 atom stereocenters. The highest BCUT2D eigenvalue weighted by atomic mass is 32.2. The van der Waals surface area contributed by atoms with Gasteiger partial charge in [0.15, 0.2) is 0 Å². The van der Waals surface area contributed by atoms with Gasteiger partial charge in [0, 0.05) is 6.04 Å². The zero-order valence-corrected chi connectivity index (χ0v) is 11.0. The lowest BCUT2D eigenvalue weighted by molar-refractivity contribution is 0.101. The van der Waals surface area contributed by atoms with Crippen molar-refractivity contribution in [1.29, 1.82) is 0 Å². The summed E-state index contributed by atoms with van der Waals surface area (Å²) in [6, 6.07) is -0.272. The lowest BCUT2D eigenvalue weighted by Crippen LogP contribution is -2.45. The Hall–Kier alpha value is -0.130. The topological polar surface area (TPSA) is 66.4 Å². The fourth-order valence-electron chi connectivity index (χ4n) is 1.93. The summed E-state index contributed by atoms with van der Waals surface area (Å²) in [4.78, 5) is 0. The maximum atomic E-state index is 11.7. The summed E-state index contributed by atoms with van der Waals surface area (Å²) < 4.78 is 26.1. The summed E-state index contributed by atoms with van der Waals surface area (Å²) in [6.07, 6.45) is 3.60. The fourth-order valence-corrected chi connectivity index (χ4v) is 3.56. The number of hydrogen-bond acceptors (Lipinski definition) is 3. The summed E-state index contributed by atoms with van der Waals surface area (Å²) in [6.45, 7) is 4.01. The highest BCUT2D eigenvalue weighted by Gasteiger charge is 2.26. The van der Waals surface area contributed by atoms with Crippen LogP contribution in [0.1, 0.15) is 46.0 Å². The minimum atomic E-state index is -3.22. The van der Waals surface area contributed by atoms with E-state index in [1.165, 1.54) is 0 Å². The van der Waals surface area contributed by atoms with Crippen LogP contribution < -0.4 is 4.72 Å². The molecule has 0 bridgehead atoms. The van der Waals surface area contributed by atoms with Crippen LogP contribution in [0.4, 0.5) is 0 Å². The van der Waals surface area contributed by atoms with Gasteiger partial charge in [-0.1, -0.05) is 26.7 Å². The van der Waals surface area contributed by atoms with Crippen LogP contribution in [0.5, 0.6) is 0 Å². The Balaban J connectivity index is 2.44. The molecule has 1 fully saturated rings. The molecule has 2 N–H and O–H groups in total. The molecular formula is C11H23NO3S. The Kier molecular flexibility index (Phi) is 5.21. The van der Waals surface area contributed by atoms with Gasteiger partial charge in [-0.3, -0.25) is 0 Å². The van der Waals surface area contributed by atoms with Crippen molar-refractivity contribution in [3.05, 3.63) is 0 Å². The molecular weight excluding hydrogens is 226 g/mol. The standard InChI is InChI=1S/C11H23NO3S/c1-9(2)7-8-16(14,15)12-10-5-3-4-6-11(10)13/h9-13H,3-8H2,1-2H3/t10-,11-/m0/s1. The second-order valence-electron chi connectivity index (χ2n) is 5.08. The van der Waals surface area contributed by atoms with Crippen LogP contribution in [-0.4, -0.2) is 31.4 Å². The van der Waals surface area contributed by atoms with Crippen LogP contribution in [0.3, 0.4) is 0 Å². The van der Waals surface area contributed by atoms with Crippen LogP contribution in [0.25, 0.3) is 0 Å². The van der Waals surface area contributed by atoms with Gasteiger partial charge in [-0.15, -0.1) is 0 Å². The molecule has 1 rings (SSSR count). The first-order valence-electron chi connectivity index (χ1n) is 6.09. The fraction of sp³-hybridized carbons (Fsp3) is 1.00. The molecule has 0 aromatic heterocycles. The average Bonchev–Trinajstić information content (AvgIpc) is 2.19. The third-order valence-electron chi connectivity index (χ3n) is 3.02. The molecule has 0 unspecified atom stereocenters. The Bertz CT molecular complexity index is 300. The van der Waals surface area contributed by atoms with E-state index in [1.54, 1.807) is 0 Å². The van der Waals surface area contributed by atoms with Gasteiger partial charge in [-0.25, -0.2) is 13.1 Å². The van der Waals surface area contributed by atoms with Gasteiger partial charge in [0.05, 0.1) is 11.9 Å². The molecule has 1 saturated carbocycles. The largest absolute Gasteiger partial charge is 0.391 e. The van der Waals surface area contributed by atoms with Crippen molar-refractivity contribution in [3.63, 3.8) is 0 Å². The molecule has 0 spiro atoms. The van der Waals surface area contributed by atoms with Crippen LogP contribution >= 0.6 is 0 Å². The monoisotopic (exact) mass is 249 g/mol. The second kappa shape index (κ2) is 5.98. The van der Waals surface area contributed by atoms with E-state index in [0.29, 0.717) is 18.8 Å². The molecule has 0 saturated heterocycles. The maximum absolute atomic E-state index is 11.7. The summed E-state index contributed by atoms with van der Waals surface area (Å²) in [7, 11) is -3.22. The summed E-state index contributed by atoms with van der Waals surface area (Å²) in [5.74, 6) is 0.543. The molecule has 5 heteroatoms. The normalized spacial score (nSPS) is 27.2. The molecule has 4 nitrogen and oxygen atoms in total. The quantitative estimate of drug-likeness (QED) is 0.771. The van der Waals surface area contributed by atoms with Crippen molar-refractivity contribution >= 4 is 10.0 Å². The number of nitrogens with one attached hydrogen (secondary N) is 1. The van der Waals surface area contributed by atoms with E-state index < -0.39 is 16.1 Å². The molecule has 0 heterocycles. The summed E-state index contributed by atoms with van der Waals surface area (Å²) in [5, 5.41) is 9.68. The Morgan fingerprint density at radius 1 is 1.31 bits per heavy atom. The van der Waals surface area contributed by atoms with Gasteiger partial charge in [0.1, 0.15) is 0 Å². The van der Waals surface area contributed by atoms with Gasteiger partial charge in [0.25, 0.3) is 0 Å². The van der Waals surface area contributed by atoms with Crippen LogP contribution in [0, 0.1) is 5.92 Å². The lowest BCUT2D eigenvalue weighted by Gasteiger charge is -2.28. The van der Waals surface area contributed by atoms with Crippen LogP contribution in [0.15, 0.2) is 0 Å². The van der Waals surface area contributed by atoms with E-state index in [-0.39, 0.29) is 11.8 Å². The predicted octanol–water partition coefficient (Wildman–Crippen LogP) is 1.26. The van der Waals surface area contributed by atoms with E-state index in [0.717, 1.165) is 19.3 Å². The smallest absolute Gasteiger partial charge is 0.211 e. The van der Waals surface area contributed by atoms with Gasteiger partial charge >= 0.3 is 0 Å². The van der Waals surface area contributed by atoms with Crippen molar-refractivity contribution in [2.24, 2.45) is 5.92 Å². The number of sulfonamides is 1. The molecule has 0 amide bonds. The molecule has 96 valence electrons. The molecule has 0 aliphatic heterocycles. The highest BCUT2D eigenvalue weighted by molar-refractivity contribution is 7.89. The molecule has 1 aliphatic carbocycles. The molecule has 1 aliphatic rings. The first-order chi connectivity index (χ1) is 7.41. The SMILES string of the molecule is CC(C)CCS(=O)(=O)N[C@H]1CCCC[C@@H]1O. The number of rotatable bonds is 5. The molecule has 0 radical (unpaired) electrons.